The van der Waals surface area contributed by atoms with E-state index in [1.54, 1.807) is 6.20 Å². The smallest absolute Gasteiger partial charge is 0.0656 e. The molecule has 0 bridgehead atoms. The van der Waals surface area contributed by atoms with E-state index in [0.717, 1.165) is 17.9 Å². The molecule has 0 aliphatic carbocycles. The minimum absolute atomic E-state index is 0.878. The summed E-state index contributed by atoms with van der Waals surface area (Å²) in [6.07, 6.45) is 7.03. The molecule has 0 spiro atoms. The van der Waals surface area contributed by atoms with Gasteiger partial charge in [0.2, 0.25) is 0 Å². The molecule has 2 nitrogen and oxygen atoms in total. The second-order valence-corrected chi connectivity index (χ2v) is 3.92. The van der Waals surface area contributed by atoms with E-state index >= 15 is 0 Å². The fourth-order valence-electron chi connectivity index (χ4n) is 1.58. The Bertz CT molecular complexity index is 461. The molecule has 16 heavy (non-hydrogen) atoms. The lowest BCUT2D eigenvalue weighted by Crippen LogP contribution is -1.83. The molecule has 2 aromatic rings. The molecule has 3 heteroatoms. The molecule has 0 fully saturated rings. The lowest BCUT2D eigenvalue weighted by molar-refractivity contribution is 1.09. The number of nitrogens with one attached hydrogen (secondary N) is 1. The Balaban J connectivity index is 2.31. The summed E-state index contributed by atoms with van der Waals surface area (Å²) < 4.78 is 0. The van der Waals surface area contributed by atoms with Gasteiger partial charge in [0.15, 0.2) is 0 Å². The predicted octanol–water partition coefficient (Wildman–Crippen LogP) is 3.41. The second-order valence-electron chi connectivity index (χ2n) is 3.47. The van der Waals surface area contributed by atoms with E-state index in [1.165, 1.54) is 11.1 Å². The summed E-state index contributed by atoms with van der Waals surface area (Å²) in [4.78, 5) is 0. The van der Waals surface area contributed by atoms with Crippen LogP contribution < -0.4 is 0 Å². The number of allylic oxidation sites excluding steroid dienone is 1. The van der Waals surface area contributed by atoms with Crippen molar-refractivity contribution in [1.82, 2.24) is 10.2 Å². The maximum Gasteiger partial charge on any atom is 0.0656 e. The lowest BCUT2D eigenvalue weighted by Gasteiger charge is -2.02. The maximum absolute atomic E-state index is 4.19. The van der Waals surface area contributed by atoms with Crippen LogP contribution in [0.15, 0.2) is 42.6 Å². The average molecular weight is 230 g/mol. The highest BCUT2D eigenvalue weighted by molar-refractivity contribution is 7.80. The molecule has 0 aliphatic heterocycles. The molecular formula is C13H14N2S. The van der Waals surface area contributed by atoms with Crippen molar-refractivity contribution in [3.05, 3.63) is 48.2 Å². The van der Waals surface area contributed by atoms with Crippen LogP contribution in [-0.2, 0) is 0 Å². The molecular weight excluding hydrogens is 216 g/mol. The second kappa shape index (κ2) is 5.56. The zero-order valence-electron chi connectivity index (χ0n) is 8.93. The highest BCUT2D eigenvalue weighted by atomic mass is 32.1. The Morgan fingerprint density at radius 1 is 1.25 bits per heavy atom. The average Bonchev–Trinajstić information content (AvgIpc) is 2.83. The third kappa shape index (κ3) is 2.55. The summed E-state index contributed by atoms with van der Waals surface area (Å²) in [5, 5.41) is 6.96. The van der Waals surface area contributed by atoms with Gasteiger partial charge < -0.3 is 0 Å². The number of benzene rings is 1. The maximum atomic E-state index is 4.19. The first-order valence-electron chi connectivity index (χ1n) is 5.28. The number of rotatable bonds is 4. The van der Waals surface area contributed by atoms with Gasteiger partial charge in [0.1, 0.15) is 0 Å². The van der Waals surface area contributed by atoms with Gasteiger partial charge in [-0.25, -0.2) is 0 Å². The van der Waals surface area contributed by atoms with Crippen molar-refractivity contribution >= 4 is 18.7 Å². The topological polar surface area (TPSA) is 28.7 Å². The van der Waals surface area contributed by atoms with Crippen molar-refractivity contribution in [2.24, 2.45) is 0 Å². The van der Waals surface area contributed by atoms with Crippen molar-refractivity contribution in [3.63, 3.8) is 0 Å². The SMILES string of the molecule is SCCC=Cc1ccccc1-c1ccn[nH]1. The van der Waals surface area contributed by atoms with Crippen LogP contribution in [0.4, 0.5) is 0 Å². The van der Waals surface area contributed by atoms with Crippen molar-refractivity contribution < 1.29 is 0 Å². The van der Waals surface area contributed by atoms with Gasteiger partial charge in [-0.15, -0.1) is 0 Å². The summed E-state index contributed by atoms with van der Waals surface area (Å²) in [5.41, 5.74) is 3.43. The zero-order chi connectivity index (χ0) is 11.2. The van der Waals surface area contributed by atoms with E-state index in [4.69, 9.17) is 0 Å². The molecule has 0 unspecified atom stereocenters. The van der Waals surface area contributed by atoms with Gasteiger partial charge in [0.05, 0.1) is 5.69 Å². The highest BCUT2D eigenvalue weighted by Crippen LogP contribution is 2.22. The Kier molecular flexibility index (Phi) is 3.83. The van der Waals surface area contributed by atoms with Gasteiger partial charge in [-0.3, -0.25) is 5.10 Å². The third-order valence-electron chi connectivity index (χ3n) is 2.34. The lowest BCUT2D eigenvalue weighted by atomic mass is 10.0. The quantitative estimate of drug-likeness (QED) is 0.774. The zero-order valence-corrected chi connectivity index (χ0v) is 9.82. The molecule has 0 atom stereocenters. The number of nitrogens with zero attached hydrogens (tertiary/aromatic N) is 1. The molecule has 1 heterocycles. The Morgan fingerprint density at radius 2 is 2.12 bits per heavy atom. The summed E-state index contributed by atoms with van der Waals surface area (Å²) in [6, 6.07) is 10.2. The van der Waals surface area contributed by atoms with Crippen molar-refractivity contribution in [3.8, 4) is 11.3 Å². The number of aromatic nitrogens is 2. The molecule has 0 saturated carbocycles. The molecule has 0 aliphatic rings. The Hall–Kier alpha value is -1.48. The van der Waals surface area contributed by atoms with E-state index in [2.05, 4.69) is 47.1 Å². The van der Waals surface area contributed by atoms with Gasteiger partial charge in [0.25, 0.3) is 0 Å². The van der Waals surface area contributed by atoms with Crippen molar-refractivity contribution in [2.75, 3.05) is 5.75 Å². The van der Waals surface area contributed by atoms with E-state index in [-0.39, 0.29) is 0 Å². The molecule has 1 N–H and O–H groups in total. The summed E-state index contributed by atoms with van der Waals surface area (Å²) in [7, 11) is 0. The summed E-state index contributed by atoms with van der Waals surface area (Å²) in [6.45, 7) is 0. The van der Waals surface area contributed by atoms with Crippen LogP contribution in [0.3, 0.4) is 0 Å². The first-order valence-corrected chi connectivity index (χ1v) is 5.91. The largest absolute Gasteiger partial charge is 0.278 e. The van der Waals surface area contributed by atoms with E-state index in [9.17, 15) is 0 Å². The third-order valence-corrected chi connectivity index (χ3v) is 2.60. The van der Waals surface area contributed by atoms with Crippen LogP contribution >= 0.6 is 12.6 Å². The van der Waals surface area contributed by atoms with Gasteiger partial charge in [-0.1, -0.05) is 36.4 Å². The van der Waals surface area contributed by atoms with Crippen LogP contribution in [0.5, 0.6) is 0 Å². The van der Waals surface area contributed by atoms with Gasteiger partial charge in [-0.2, -0.15) is 17.7 Å². The van der Waals surface area contributed by atoms with Crippen LogP contribution in [-0.4, -0.2) is 16.0 Å². The molecule has 1 aromatic carbocycles. The standard InChI is InChI=1S/C13H14N2S/c16-10-4-3-6-11-5-1-2-7-12(11)13-8-9-14-15-13/h1-3,5-9,16H,4,10H2,(H,14,15). The molecule has 0 saturated heterocycles. The van der Waals surface area contributed by atoms with Crippen molar-refractivity contribution in [2.45, 2.75) is 6.42 Å². The van der Waals surface area contributed by atoms with E-state index in [0.29, 0.717) is 0 Å². The van der Waals surface area contributed by atoms with Crippen LogP contribution in [0.2, 0.25) is 0 Å². The molecule has 1 aromatic heterocycles. The Labute approximate surface area is 101 Å². The van der Waals surface area contributed by atoms with Gasteiger partial charge in [-0.05, 0) is 23.8 Å². The van der Waals surface area contributed by atoms with E-state index < -0.39 is 0 Å². The minimum Gasteiger partial charge on any atom is -0.278 e. The highest BCUT2D eigenvalue weighted by Gasteiger charge is 2.02. The van der Waals surface area contributed by atoms with Gasteiger partial charge in [0, 0.05) is 11.8 Å². The first-order chi connectivity index (χ1) is 7.92. The first kappa shape index (κ1) is 11.0. The normalized spacial score (nSPS) is 11.1. The van der Waals surface area contributed by atoms with Crippen molar-refractivity contribution in [1.29, 1.82) is 0 Å². The monoisotopic (exact) mass is 230 g/mol. The molecule has 0 amide bonds. The predicted molar refractivity (Wildman–Crippen MR) is 71.5 cm³/mol. The Morgan fingerprint density at radius 3 is 2.88 bits per heavy atom. The number of hydrogen-bond donors (Lipinski definition) is 2. The number of thiol groups is 1. The van der Waals surface area contributed by atoms with Crippen LogP contribution in [0.1, 0.15) is 12.0 Å². The fraction of sp³-hybridized carbons (Fsp3) is 0.154. The summed E-state index contributed by atoms with van der Waals surface area (Å²) >= 11 is 4.19. The van der Waals surface area contributed by atoms with Gasteiger partial charge >= 0.3 is 0 Å². The summed E-state index contributed by atoms with van der Waals surface area (Å²) in [5.74, 6) is 0.878. The van der Waals surface area contributed by atoms with E-state index in [1.807, 2.05) is 18.2 Å². The number of H-pyrrole nitrogens is 1. The fourth-order valence-corrected chi connectivity index (χ4v) is 1.73. The minimum atomic E-state index is 0.878. The number of hydrogen-bond acceptors (Lipinski definition) is 2. The molecule has 82 valence electrons. The van der Waals surface area contributed by atoms with Crippen LogP contribution in [0.25, 0.3) is 17.3 Å². The molecule has 0 radical (unpaired) electrons. The number of aromatic amines is 1. The molecule has 2 rings (SSSR count). The van der Waals surface area contributed by atoms with Crippen LogP contribution in [0, 0.1) is 0 Å².